The summed E-state index contributed by atoms with van der Waals surface area (Å²) in [7, 11) is 1.59. The molecule has 158 valence electrons. The van der Waals surface area contributed by atoms with Crippen molar-refractivity contribution in [3.8, 4) is 11.1 Å². The van der Waals surface area contributed by atoms with Crippen LogP contribution in [-0.2, 0) is 7.05 Å². The molecule has 1 aromatic heterocycles. The van der Waals surface area contributed by atoms with Crippen molar-refractivity contribution < 1.29 is 14.7 Å². The van der Waals surface area contributed by atoms with Gasteiger partial charge in [0.2, 0.25) is 0 Å². The second-order valence-electron chi connectivity index (χ2n) is 9.63. The van der Waals surface area contributed by atoms with Crippen LogP contribution in [0.15, 0.2) is 24.4 Å². The summed E-state index contributed by atoms with van der Waals surface area (Å²) in [6, 6.07) is 5.04. The average molecular weight is 428 g/mol. The highest BCUT2D eigenvalue weighted by Gasteiger charge is 2.50. The van der Waals surface area contributed by atoms with E-state index in [1.165, 1.54) is 49.4 Å². The zero-order chi connectivity index (χ0) is 21.0. The molecule has 6 rings (SSSR count). The van der Waals surface area contributed by atoms with Crippen molar-refractivity contribution in [2.45, 2.75) is 38.5 Å². The van der Waals surface area contributed by atoms with Crippen LogP contribution in [0.4, 0.5) is 0 Å². The van der Waals surface area contributed by atoms with Gasteiger partial charge in [0.1, 0.15) is 0 Å². The predicted molar refractivity (Wildman–Crippen MR) is 114 cm³/mol. The number of amides is 1. The van der Waals surface area contributed by atoms with Crippen LogP contribution < -0.4 is 5.32 Å². The van der Waals surface area contributed by atoms with E-state index in [1.54, 1.807) is 25.2 Å². The van der Waals surface area contributed by atoms with Crippen molar-refractivity contribution in [2.75, 3.05) is 6.54 Å². The Morgan fingerprint density at radius 3 is 2.43 bits per heavy atom. The quantitative estimate of drug-likeness (QED) is 0.741. The summed E-state index contributed by atoms with van der Waals surface area (Å²) in [4.78, 5) is 24.6. The number of carboxylic acid groups (broad SMARTS) is 1. The van der Waals surface area contributed by atoms with E-state index >= 15 is 0 Å². The number of aromatic carboxylic acids is 1. The molecular weight excluding hydrogens is 402 g/mol. The van der Waals surface area contributed by atoms with Crippen LogP contribution >= 0.6 is 11.6 Å². The Morgan fingerprint density at radius 1 is 1.20 bits per heavy atom. The zero-order valence-electron chi connectivity index (χ0n) is 17.0. The molecule has 0 saturated heterocycles. The van der Waals surface area contributed by atoms with Gasteiger partial charge in [-0.05, 0) is 79.4 Å². The molecule has 1 aromatic carbocycles. The van der Waals surface area contributed by atoms with Gasteiger partial charge in [0.05, 0.1) is 16.8 Å². The highest BCUT2D eigenvalue weighted by atomic mass is 35.5. The average Bonchev–Trinajstić information content (AvgIpc) is 3.07. The fraction of sp³-hybridized carbons (Fsp3) is 0.522. The van der Waals surface area contributed by atoms with Crippen molar-refractivity contribution in [1.29, 1.82) is 0 Å². The molecule has 0 atom stereocenters. The summed E-state index contributed by atoms with van der Waals surface area (Å²) in [5.41, 5.74) is 1.78. The maximum Gasteiger partial charge on any atom is 0.354 e. The Morgan fingerprint density at radius 2 is 1.83 bits per heavy atom. The molecule has 4 aliphatic carbocycles. The Balaban J connectivity index is 1.36. The van der Waals surface area contributed by atoms with Gasteiger partial charge in [0.25, 0.3) is 5.91 Å². The summed E-state index contributed by atoms with van der Waals surface area (Å²) in [5.74, 6) is 1.24. The summed E-state index contributed by atoms with van der Waals surface area (Å²) in [6.07, 6.45) is 9.30. The second kappa shape index (κ2) is 7.12. The summed E-state index contributed by atoms with van der Waals surface area (Å²) in [5, 5.41) is 17.1. The third-order valence-electron chi connectivity index (χ3n) is 7.45. The largest absolute Gasteiger partial charge is 0.477 e. The highest BCUT2D eigenvalue weighted by Crippen LogP contribution is 2.59. The van der Waals surface area contributed by atoms with E-state index in [-0.39, 0.29) is 17.0 Å². The molecule has 4 fully saturated rings. The number of carbonyl (C=O) groups excluding carboxylic acids is 1. The minimum Gasteiger partial charge on any atom is -0.477 e. The third kappa shape index (κ3) is 3.31. The van der Waals surface area contributed by atoms with E-state index in [9.17, 15) is 14.7 Å². The number of hydrogen-bond acceptors (Lipinski definition) is 3. The number of benzene rings is 1. The number of aryl methyl sites for hydroxylation is 1. The Labute approximate surface area is 180 Å². The molecule has 6 nitrogen and oxygen atoms in total. The van der Waals surface area contributed by atoms with Crippen molar-refractivity contribution in [3.05, 3.63) is 40.7 Å². The standard InChI is InChI=1S/C23H26ClN3O3/c1-27-20(22(29)30)18(11-26-27)16-2-3-19(24)17(7-16)21(28)25-12-23-8-13-4-14(9-23)6-15(5-13)10-23/h2-3,7,11,13-15H,4-6,8-10,12H2,1H3,(H,25,28)(H,29,30). The number of carboxylic acids is 1. The van der Waals surface area contributed by atoms with Gasteiger partial charge in [-0.3, -0.25) is 9.48 Å². The maximum absolute atomic E-state index is 13.0. The lowest BCUT2D eigenvalue weighted by Gasteiger charge is -2.56. The van der Waals surface area contributed by atoms with E-state index in [4.69, 9.17) is 11.6 Å². The van der Waals surface area contributed by atoms with E-state index < -0.39 is 5.97 Å². The molecule has 4 aliphatic rings. The van der Waals surface area contributed by atoms with Crippen LogP contribution in [-0.4, -0.2) is 33.3 Å². The molecule has 2 aromatic rings. The number of aromatic nitrogens is 2. The summed E-state index contributed by atoms with van der Waals surface area (Å²) in [6.45, 7) is 0.698. The van der Waals surface area contributed by atoms with Crippen molar-refractivity contribution in [3.63, 3.8) is 0 Å². The summed E-state index contributed by atoms with van der Waals surface area (Å²) < 4.78 is 1.32. The van der Waals surface area contributed by atoms with Gasteiger partial charge in [-0.2, -0.15) is 5.10 Å². The number of halogens is 1. The third-order valence-corrected chi connectivity index (χ3v) is 7.78. The fourth-order valence-corrected chi connectivity index (χ4v) is 6.84. The number of hydrogen-bond donors (Lipinski definition) is 2. The van der Waals surface area contributed by atoms with E-state index in [0.717, 1.165) is 17.8 Å². The molecule has 0 spiro atoms. The molecule has 4 bridgehead atoms. The van der Waals surface area contributed by atoms with E-state index in [1.807, 2.05) is 0 Å². The second-order valence-corrected chi connectivity index (χ2v) is 10.0. The molecule has 2 N–H and O–H groups in total. The molecule has 1 amide bonds. The van der Waals surface area contributed by atoms with Gasteiger partial charge in [0.15, 0.2) is 5.69 Å². The molecule has 1 heterocycles. The van der Waals surface area contributed by atoms with Crippen LogP contribution in [0, 0.1) is 23.2 Å². The van der Waals surface area contributed by atoms with Gasteiger partial charge >= 0.3 is 5.97 Å². The normalized spacial score (nSPS) is 29.2. The van der Waals surface area contributed by atoms with Crippen LogP contribution in [0.25, 0.3) is 11.1 Å². The monoisotopic (exact) mass is 427 g/mol. The van der Waals surface area contributed by atoms with Gasteiger partial charge in [0, 0.05) is 19.2 Å². The van der Waals surface area contributed by atoms with Crippen LogP contribution in [0.1, 0.15) is 59.4 Å². The number of nitrogens with zero attached hydrogens (tertiary/aromatic N) is 2. The van der Waals surface area contributed by atoms with Crippen LogP contribution in [0.5, 0.6) is 0 Å². The molecule has 30 heavy (non-hydrogen) atoms. The number of rotatable bonds is 5. The Bertz CT molecular complexity index is 993. The van der Waals surface area contributed by atoms with Crippen molar-refractivity contribution in [1.82, 2.24) is 15.1 Å². The smallest absolute Gasteiger partial charge is 0.354 e. The van der Waals surface area contributed by atoms with Gasteiger partial charge < -0.3 is 10.4 Å². The van der Waals surface area contributed by atoms with Gasteiger partial charge in [-0.15, -0.1) is 0 Å². The van der Waals surface area contributed by atoms with Gasteiger partial charge in [-0.25, -0.2) is 4.79 Å². The predicted octanol–water partition coefficient (Wildman–Crippen LogP) is 4.38. The van der Waals surface area contributed by atoms with Crippen LogP contribution in [0.2, 0.25) is 5.02 Å². The molecule has 0 unspecified atom stereocenters. The SMILES string of the molecule is Cn1ncc(-c2ccc(Cl)c(C(=O)NCC34CC5CC(CC(C5)C3)C4)c2)c1C(=O)O. The van der Waals surface area contributed by atoms with Crippen LogP contribution in [0.3, 0.4) is 0 Å². The first-order valence-electron chi connectivity index (χ1n) is 10.7. The van der Waals surface area contributed by atoms with E-state index in [2.05, 4.69) is 10.4 Å². The molecular formula is C23H26ClN3O3. The molecule has 7 heteroatoms. The van der Waals surface area contributed by atoms with Crippen molar-refractivity contribution >= 4 is 23.5 Å². The summed E-state index contributed by atoms with van der Waals surface area (Å²) >= 11 is 6.34. The first-order valence-corrected chi connectivity index (χ1v) is 11.0. The lowest BCUT2D eigenvalue weighted by molar-refractivity contribution is -0.0503. The number of carbonyl (C=O) groups is 2. The molecule has 4 saturated carbocycles. The fourth-order valence-electron chi connectivity index (χ4n) is 6.64. The highest BCUT2D eigenvalue weighted by molar-refractivity contribution is 6.34. The molecule has 0 aliphatic heterocycles. The minimum atomic E-state index is -1.06. The molecule has 0 radical (unpaired) electrons. The Hall–Kier alpha value is -2.34. The van der Waals surface area contributed by atoms with Gasteiger partial charge in [-0.1, -0.05) is 17.7 Å². The number of nitrogens with one attached hydrogen (secondary N) is 1. The minimum absolute atomic E-state index is 0.0808. The maximum atomic E-state index is 13.0. The lowest BCUT2D eigenvalue weighted by Crippen LogP contribution is -2.51. The zero-order valence-corrected chi connectivity index (χ0v) is 17.8. The first kappa shape index (κ1) is 19.6. The van der Waals surface area contributed by atoms with E-state index in [0.29, 0.717) is 28.3 Å². The lowest BCUT2D eigenvalue weighted by atomic mass is 9.49. The Kier molecular flexibility index (Phi) is 4.65. The first-order chi connectivity index (χ1) is 14.3. The van der Waals surface area contributed by atoms with Crippen molar-refractivity contribution in [2.24, 2.45) is 30.2 Å². The topological polar surface area (TPSA) is 84.2 Å².